The van der Waals surface area contributed by atoms with E-state index in [1.165, 1.54) is 0 Å². The fourth-order valence-corrected chi connectivity index (χ4v) is 2.80. The highest BCUT2D eigenvalue weighted by molar-refractivity contribution is 14.1. The minimum Gasteiger partial charge on any atom is -0.394 e. The summed E-state index contributed by atoms with van der Waals surface area (Å²) in [5.74, 6) is -0.0669. The van der Waals surface area contributed by atoms with Gasteiger partial charge in [0.1, 0.15) is 0 Å². The Hall–Kier alpha value is -0.180. The predicted octanol–water partition coefficient (Wildman–Crippen LogP) is 1.89. The monoisotopic (exact) mass is 425 g/mol. The van der Waals surface area contributed by atoms with E-state index in [2.05, 4.69) is 38.5 Å². The minimum absolute atomic E-state index is 0.0669. The number of carbonyl (C=O) groups excluding carboxylic acids is 1. The summed E-state index contributed by atoms with van der Waals surface area (Å²) in [5, 5.41) is 9.29. The summed E-state index contributed by atoms with van der Waals surface area (Å²) in [6.45, 7) is 1.35. The van der Waals surface area contributed by atoms with Crippen LogP contribution in [0.4, 0.5) is 0 Å². The van der Waals surface area contributed by atoms with Crippen molar-refractivity contribution in [3.05, 3.63) is 31.8 Å². The molecule has 0 saturated carbocycles. The zero-order valence-electron chi connectivity index (χ0n) is 9.60. The summed E-state index contributed by atoms with van der Waals surface area (Å²) >= 11 is 5.57. The smallest absolute Gasteiger partial charge is 0.255 e. The van der Waals surface area contributed by atoms with Crippen molar-refractivity contribution >= 4 is 44.4 Å². The summed E-state index contributed by atoms with van der Waals surface area (Å²) in [6, 6.07) is 5.39. The molecule has 1 fully saturated rings. The molecule has 0 radical (unpaired) electrons. The number of amides is 1. The van der Waals surface area contributed by atoms with Crippen molar-refractivity contribution in [1.29, 1.82) is 0 Å². The van der Waals surface area contributed by atoms with Crippen LogP contribution in [0, 0.1) is 3.57 Å². The van der Waals surface area contributed by atoms with E-state index in [1.807, 2.05) is 18.2 Å². The Morgan fingerprint density at radius 1 is 1.61 bits per heavy atom. The molecule has 1 aliphatic heterocycles. The van der Waals surface area contributed by atoms with Crippen LogP contribution in [0.15, 0.2) is 22.7 Å². The van der Waals surface area contributed by atoms with Gasteiger partial charge < -0.3 is 14.7 Å². The highest BCUT2D eigenvalue weighted by Crippen LogP contribution is 2.22. The highest BCUT2D eigenvalue weighted by atomic mass is 127. The number of ether oxygens (including phenoxy) is 1. The van der Waals surface area contributed by atoms with Crippen molar-refractivity contribution in [2.24, 2.45) is 0 Å². The number of nitrogens with zero attached hydrogens (tertiary/aromatic N) is 1. The Kier molecular flexibility index (Phi) is 4.99. The molecule has 1 heterocycles. The van der Waals surface area contributed by atoms with Crippen LogP contribution in [0.1, 0.15) is 10.4 Å². The van der Waals surface area contributed by atoms with Gasteiger partial charge in [0, 0.05) is 14.6 Å². The van der Waals surface area contributed by atoms with Crippen LogP contribution >= 0.6 is 38.5 Å². The number of morpholine rings is 1. The van der Waals surface area contributed by atoms with Crippen LogP contribution in [0.3, 0.4) is 0 Å². The van der Waals surface area contributed by atoms with E-state index in [0.717, 1.165) is 8.04 Å². The van der Waals surface area contributed by atoms with Crippen molar-refractivity contribution in [2.75, 3.05) is 26.4 Å². The number of hydrogen-bond donors (Lipinski definition) is 1. The third-order valence-corrected chi connectivity index (χ3v) is 4.22. The molecule has 98 valence electrons. The van der Waals surface area contributed by atoms with Gasteiger partial charge in [0.05, 0.1) is 31.4 Å². The first-order valence-corrected chi connectivity index (χ1v) is 7.45. The summed E-state index contributed by atoms with van der Waals surface area (Å²) in [4.78, 5) is 14.1. The van der Waals surface area contributed by atoms with Crippen LogP contribution in [-0.2, 0) is 4.74 Å². The first-order valence-electron chi connectivity index (χ1n) is 5.58. The van der Waals surface area contributed by atoms with E-state index in [1.54, 1.807) is 4.90 Å². The van der Waals surface area contributed by atoms with Gasteiger partial charge in [-0.25, -0.2) is 0 Å². The summed E-state index contributed by atoms with van der Waals surface area (Å²) in [5.41, 5.74) is 0.627. The van der Waals surface area contributed by atoms with Crippen molar-refractivity contribution < 1.29 is 14.6 Å². The standard InChI is InChI=1S/C12H13BrINO3/c13-11-2-1-8(14)5-10(11)12(17)15-3-4-18-7-9(15)6-16/h1-2,5,9,16H,3-4,6-7H2. The van der Waals surface area contributed by atoms with Crippen LogP contribution in [-0.4, -0.2) is 48.3 Å². The molecule has 1 N–H and O–H groups in total. The first kappa shape index (κ1) is 14.2. The fourth-order valence-electron chi connectivity index (χ4n) is 1.89. The topological polar surface area (TPSA) is 49.8 Å². The zero-order valence-corrected chi connectivity index (χ0v) is 13.3. The molecule has 0 aromatic heterocycles. The third kappa shape index (κ3) is 3.04. The van der Waals surface area contributed by atoms with Crippen molar-refractivity contribution in [3.63, 3.8) is 0 Å². The zero-order chi connectivity index (χ0) is 13.1. The maximum atomic E-state index is 12.5. The summed E-state index contributed by atoms with van der Waals surface area (Å²) in [7, 11) is 0. The van der Waals surface area contributed by atoms with E-state index in [-0.39, 0.29) is 18.6 Å². The van der Waals surface area contributed by atoms with E-state index < -0.39 is 0 Å². The third-order valence-electron chi connectivity index (χ3n) is 2.86. The van der Waals surface area contributed by atoms with Crippen molar-refractivity contribution in [3.8, 4) is 0 Å². The lowest BCUT2D eigenvalue weighted by Crippen LogP contribution is -2.50. The van der Waals surface area contributed by atoms with Crippen LogP contribution in [0.25, 0.3) is 0 Å². The number of halogens is 2. The van der Waals surface area contributed by atoms with E-state index in [9.17, 15) is 9.90 Å². The second-order valence-corrected chi connectivity index (χ2v) is 6.13. The average molecular weight is 426 g/mol. The molecule has 0 spiro atoms. The molecule has 1 amide bonds. The molecule has 4 nitrogen and oxygen atoms in total. The lowest BCUT2D eigenvalue weighted by Gasteiger charge is -2.34. The van der Waals surface area contributed by atoms with Gasteiger partial charge in [0.25, 0.3) is 5.91 Å². The molecule has 1 saturated heterocycles. The van der Waals surface area contributed by atoms with Gasteiger partial charge in [-0.15, -0.1) is 0 Å². The second-order valence-electron chi connectivity index (χ2n) is 4.03. The number of rotatable bonds is 2. The molecule has 6 heteroatoms. The van der Waals surface area contributed by atoms with Gasteiger partial charge in [-0.05, 0) is 56.7 Å². The molecule has 1 atom stereocenters. The van der Waals surface area contributed by atoms with Crippen LogP contribution in [0.5, 0.6) is 0 Å². The Labute approximate surface area is 128 Å². The minimum atomic E-state index is -0.254. The summed E-state index contributed by atoms with van der Waals surface area (Å²) < 4.78 is 7.06. The van der Waals surface area contributed by atoms with Gasteiger partial charge in [-0.1, -0.05) is 0 Å². The Morgan fingerprint density at radius 3 is 3.11 bits per heavy atom. The lowest BCUT2D eigenvalue weighted by atomic mass is 10.1. The number of carbonyl (C=O) groups is 1. The predicted molar refractivity (Wildman–Crippen MR) is 79.6 cm³/mol. The number of aliphatic hydroxyl groups excluding tert-OH is 1. The maximum absolute atomic E-state index is 12.5. The fraction of sp³-hybridized carbons (Fsp3) is 0.417. The second kappa shape index (κ2) is 6.31. The molecular weight excluding hydrogens is 413 g/mol. The quantitative estimate of drug-likeness (QED) is 0.736. The normalized spacial score (nSPS) is 19.9. The largest absolute Gasteiger partial charge is 0.394 e. The van der Waals surface area contributed by atoms with E-state index in [0.29, 0.717) is 25.3 Å². The molecule has 1 unspecified atom stereocenters. The molecule has 1 aliphatic rings. The van der Waals surface area contributed by atoms with E-state index in [4.69, 9.17) is 4.74 Å². The van der Waals surface area contributed by atoms with Crippen molar-refractivity contribution in [1.82, 2.24) is 4.90 Å². The number of aliphatic hydroxyl groups is 1. The molecule has 2 rings (SSSR count). The Morgan fingerprint density at radius 2 is 2.39 bits per heavy atom. The van der Waals surface area contributed by atoms with Gasteiger partial charge in [0.2, 0.25) is 0 Å². The van der Waals surface area contributed by atoms with Gasteiger partial charge >= 0.3 is 0 Å². The molecular formula is C12H13BrINO3. The van der Waals surface area contributed by atoms with Crippen molar-refractivity contribution in [2.45, 2.75) is 6.04 Å². The van der Waals surface area contributed by atoms with Gasteiger partial charge in [-0.3, -0.25) is 4.79 Å². The maximum Gasteiger partial charge on any atom is 0.255 e. The molecule has 0 bridgehead atoms. The number of hydrogen-bond acceptors (Lipinski definition) is 3. The molecule has 0 aliphatic carbocycles. The van der Waals surface area contributed by atoms with E-state index >= 15 is 0 Å². The summed E-state index contributed by atoms with van der Waals surface area (Å²) in [6.07, 6.45) is 0. The van der Waals surface area contributed by atoms with Gasteiger partial charge in [0.15, 0.2) is 0 Å². The Balaban J connectivity index is 2.26. The molecule has 1 aromatic rings. The highest BCUT2D eigenvalue weighted by Gasteiger charge is 2.28. The number of benzene rings is 1. The SMILES string of the molecule is O=C(c1cc(I)ccc1Br)N1CCOCC1CO. The molecule has 1 aromatic carbocycles. The van der Waals surface area contributed by atoms with Crippen LogP contribution in [0.2, 0.25) is 0 Å². The molecule has 18 heavy (non-hydrogen) atoms. The Bertz CT molecular complexity index is 455. The lowest BCUT2D eigenvalue weighted by molar-refractivity contribution is -0.0184. The van der Waals surface area contributed by atoms with Crippen LogP contribution < -0.4 is 0 Å². The first-order chi connectivity index (χ1) is 8.63. The van der Waals surface area contributed by atoms with Gasteiger partial charge in [-0.2, -0.15) is 0 Å². The average Bonchev–Trinajstić information content (AvgIpc) is 2.40.